The first-order chi connectivity index (χ1) is 13.0. The van der Waals surface area contributed by atoms with Crippen LogP contribution in [-0.2, 0) is 22.6 Å². The Labute approximate surface area is 164 Å². The minimum Gasteiger partial charge on any atom is -0.376 e. The van der Waals surface area contributed by atoms with E-state index in [4.69, 9.17) is 4.74 Å². The van der Waals surface area contributed by atoms with E-state index in [1.807, 2.05) is 23.9 Å². The summed E-state index contributed by atoms with van der Waals surface area (Å²) in [4.78, 5) is 12.0. The Morgan fingerprint density at radius 1 is 1.44 bits per heavy atom. The minimum absolute atomic E-state index is 0.0182. The number of ether oxygens (including phenoxy) is 1. The quantitative estimate of drug-likeness (QED) is 0.656. The molecule has 0 bridgehead atoms. The monoisotopic (exact) mass is 392 g/mol. The third-order valence-corrected chi connectivity index (χ3v) is 5.29. The van der Waals surface area contributed by atoms with Crippen molar-refractivity contribution >= 4 is 17.7 Å². The second-order valence-corrected chi connectivity index (χ2v) is 8.23. The molecule has 1 amide bonds. The number of rotatable bonds is 9. The first kappa shape index (κ1) is 19.9. The van der Waals surface area contributed by atoms with E-state index in [1.165, 1.54) is 11.8 Å². The molecule has 0 aliphatic carbocycles. The highest BCUT2D eigenvalue weighted by Gasteiger charge is 2.21. The van der Waals surface area contributed by atoms with Crippen molar-refractivity contribution in [3.63, 3.8) is 0 Å². The maximum absolute atomic E-state index is 12.0. The van der Waals surface area contributed by atoms with Crippen molar-refractivity contribution in [2.45, 2.75) is 58.0 Å². The van der Waals surface area contributed by atoms with Crippen LogP contribution < -0.4 is 5.32 Å². The lowest BCUT2D eigenvalue weighted by Crippen LogP contribution is -2.29. The van der Waals surface area contributed by atoms with Crippen LogP contribution in [0.25, 0.3) is 0 Å². The molecule has 3 heterocycles. The summed E-state index contributed by atoms with van der Waals surface area (Å²) < 4.78 is 9.73. The van der Waals surface area contributed by atoms with E-state index in [9.17, 15) is 4.79 Å². The van der Waals surface area contributed by atoms with Crippen molar-refractivity contribution in [2.24, 2.45) is 5.92 Å². The molecule has 0 aromatic carbocycles. The smallest absolute Gasteiger partial charge is 0.230 e. The Balaban J connectivity index is 1.68. The fourth-order valence-corrected chi connectivity index (χ4v) is 3.71. The fraction of sp³-hybridized carbons (Fsp3) is 0.667. The molecule has 27 heavy (non-hydrogen) atoms. The lowest BCUT2D eigenvalue weighted by molar-refractivity contribution is -0.118. The van der Waals surface area contributed by atoms with Crippen LogP contribution in [0.2, 0.25) is 0 Å². The molecular formula is C18H28N6O2S. The molecule has 1 atom stereocenters. The van der Waals surface area contributed by atoms with Crippen molar-refractivity contribution in [1.29, 1.82) is 0 Å². The van der Waals surface area contributed by atoms with Gasteiger partial charge in [0.2, 0.25) is 5.91 Å². The molecule has 1 aliphatic heterocycles. The first-order valence-corrected chi connectivity index (χ1v) is 10.4. The van der Waals surface area contributed by atoms with Gasteiger partial charge in [-0.25, -0.2) is 0 Å². The second kappa shape index (κ2) is 9.36. The predicted octanol–water partition coefficient (Wildman–Crippen LogP) is 1.87. The van der Waals surface area contributed by atoms with E-state index in [1.54, 1.807) is 0 Å². The number of hydrogen-bond donors (Lipinski definition) is 1. The molecule has 1 N–H and O–H groups in total. The van der Waals surface area contributed by atoms with Gasteiger partial charge in [-0.2, -0.15) is 5.10 Å². The highest BCUT2D eigenvalue weighted by Crippen LogP contribution is 2.21. The van der Waals surface area contributed by atoms with Crippen molar-refractivity contribution < 1.29 is 9.53 Å². The minimum atomic E-state index is 0.0182. The van der Waals surface area contributed by atoms with E-state index in [0.717, 1.165) is 36.1 Å². The van der Waals surface area contributed by atoms with Crippen LogP contribution in [0.15, 0.2) is 17.4 Å². The molecule has 148 valence electrons. The summed E-state index contributed by atoms with van der Waals surface area (Å²) in [5.41, 5.74) is 0.969. The lowest BCUT2D eigenvalue weighted by atomic mass is 10.2. The zero-order valence-corrected chi connectivity index (χ0v) is 17.0. The van der Waals surface area contributed by atoms with E-state index in [-0.39, 0.29) is 12.0 Å². The molecule has 1 unspecified atom stereocenters. The molecule has 2 aromatic heterocycles. The van der Waals surface area contributed by atoms with E-state index in [2.05, 4.69) is 39.0 Å². The molecule has 0 radical (unpaired) electrons. The fourth-order valence-electron chi connectivity index (χ4n) is 2.91. The van der Waals surface area contributed by atoms with Gasteiger partial charge in [-0.05, 0) is 31.7 Å². The van der Waals surface area contributed by atoms with E-state index < -0.39 is 0 Å². The van der Waals surface area contributed by atoms with Crippen LogP contribution in [0.4, 0.5) is 0 Å². The Morgan fingerprint density at radius 3 is 2.96 bits per heavy atom. The Kier molecular flexibility index (Phi) is 6.89. The number of nitrogens with one attached hydrogen (secondary N) is 1. The van der Waals surface area contributed by atoms with Gasteiger partial charge in [-0.3, -0.25) is 9.48 Å². The highest BCUT2D eigenvalue weighted by atomic mass is 32.2. The summed E-state index contributed by atoms with van der Waals surface area (Å²) in [7, 11) is 0. The summed E-state index contributed by atoms with van der Waals surface area (Å²) in [5, 5.41) is 16.8. The Bertz CT molecular complexity index is 751. The molecule has 1 fully saturated rings. The molecule has 9 heteroatoms. The average Bonchev–Trinajstić information content (AvgIpc) is 3.36. The van der Waals surface area contributed by atoms with Crippen LogP contribution >= 0.6 is 11.8 Å². The van der Waals surface area contributed by atoms with E-state index >= 15 is 0 Å². The number of carbonyl (C=O) groups is 1. The standard InChI is InChI=1S/C18H28N6O2S/c1-13(2)9-19-17(25)12-27-18-21-20-16(11-23-7-6-14(3)22-23)24(18)10-15-5-4-8-26-15/h6-7,13,15H,4-5,8-12H2,1-3H3,(H,19,25). The molecule has 0 saturated carbocycles. The number of aromatic nitrogens is 5. The zero-order chi connectivity index (χ0) is 19.2. The predicted molar refractivity (Wildman–Crippen MR) is 104 cm³/mol. The van der Waals surface area contributed by atoms with Crippen molar-refractivity contribution in [3.05, 3.63) is 23.8 Å². The maximum atomic E-state index is 12.0. The van der Waals surface area contributed by atoms with Gasteiger partial charge in [0.15, 0.2) is 11.0 Å². The van der Waals surface area contributed by atoms with Crippen LogP contribution in [-0.4, -0.2) is 55.5 Å². The first-order valence-electron chi connectivity index (χ1n) is 9.44. The summed E-state index contributed by atoms with van der Waals surface area (Å²) in [5.74, 6) is 1.62. The van der Waals surface area contributed by atoms with Gasteiger partial charge in [0.05, 0.1) is 24.1 Å². The van der Waals surface area contributed by atoms with Gasteiger partial charge in [0.25, 0.3) is 0 Å². The number of hydrogen-bond acceptors (Lipinski definition) is 6. The van der Waals surface area contributed by atoms with Gasteiger partial charge >= 0.3 is 0 Å². The van der Waals surface area contributed by atoms with Crippen molar-refractivity contribution in [2.75, 3.05) is 18.9 Å². The highest BCUT2D eigenvalue weighted by molar-refractivity contribution is 7.99. The average molecular weight is 393 g/mol. The van der Waals surface area contributed by atoms with Crippen LogP contribution in [0.3, 0.4) is 0 Å². The topological polar surface area (TPSA) is 86.9 Å². The summed E-state index contributed by atoms with van der Waals surface area (Å²) in [6.45, 7) is 8.87. The van der Waals surface area contributed by atoms with E-state index in [0.29, 0.717) is 31.3 Å². The summed E-state index contributed by atoms with van der Waals surface area (Å²) >= 11 is 1.42. The Morgan fingerprint density at radius 2 is 2.30 bits per heavy atom. The van der Waals surface area contributed by atoms with Gasteiger partial charge in [0, 0.05) is 19.3 Å². The number of amides is 1. The lowest BCUT2D eigenvalue weighted by Gasteiger charge is -2.15. The van der Waals surface area contributed by atoms with Crippen LogP contribution in [0, 0.1) is 12.8 Å². The largest absolute Gasteiger partial charge is 0.376 e. The number of nitrogens with zero attached hydrogens (tertiary/aromatic N) is 5. The zero-order valence-electron chi connectivity index (χ0n) is 16.2. The van der Waals surface area contributed by atoms with Gasteiger partial charge in [0.1, 0.15) is 6.54 Å². The SMILES string of the molecule is Cc1ccn(Cc2nnc(SCC(=O)NCC(C)C)n2CC2CCCO2)n1. The van der Waals surface area contributed by atoms with Crippen LogP contribution in [0.5, 0.6) is 0 Å². The van der Waals surface area contributed by atoms with Crippen molar-refractivity contribution in [3.8, 4) is 0 Å². The van der Waals surface area contributed by atoms with Crippen molar-refractivity contribution in [1.82, 2.24) is 29.9 Å². The molecule has 0 spiro atoms. The van der Waals surface area contributed by atoms with Gasteiger partial charge in [-0.15, -0.1) is 10.2 Å². The molecule has 2 aromatic rings. The van der Waals surface area contributed by atoms with Gasteiger partial charge in [-0.1, -0.05) is 25.6 Å². The summed E-state index contributed by atoms with van der Waals surface area (Å²) in [6.07, 6.45) is 4.23. The number of carbonyl (C=O) groups excluding carboxylic acids is 1. The maximum Gasteiger partial charge on any atom is 0.230 e. The van der Waals surface area contributed by atoms with Gasteiger partial charge < -0.3 is 14.6 Å². The third kappa shape index (κ3) is 5.80. The molecule has 3 rings (SSSR count). The Hall–Kier alpha value is -1.87. The normalized spacial score (nSPS) is 17.0. The second-order valence-electron chi connectivity index (χ2n) is 7.29. The third-order valence-electron chi connectivity index (χ3n) is 4.32. The number of thioether (sulfide) groups is 1. The van der Waals surface area contributed by atoms with Crippen LogP contribution in [0.1, 0.15) is 38.2 Å². The summed E-state index contributed by atoms with van der Waals surface area (Å²) in [6, 6.07) is 1.97. The molecule has 1 saturated heterocycles. The molecule has 8 nitrogen and oxygen atoms in total. The number of aryl methyl sites for hydroxylation is 1. The molecule has 1 aliphatic rings. The molecular weight excluding hydrogens is 364 g/mol.